The Kier molecular flexibility index (Phi) is 19.8. The smallest absolute Gasteiger partial charge is 0.407 e. The van der Waals surface area contributed by atoms with Gasteiger partial charge >= 0.3 is 23.9 Å². The van der Waals surface area contributed by atoms with Crippen LogP contribution in [-0.2, 0) is 49.6 Å². The van der Waals surface area contributed by atoms with Gasteiger partial charge < -0.3 is 72.6 Å². The molecule has 0 spiro atoms. The lowest BCUT2D eigenvalue weighted by Crippen LogP contribution is -2.72. The van der Waals surface area contributed by atoms with Crippen LogP contribution in [0.5, 0.6) is 0 Å². The number of carbonyl (C=O) groups is 9. The highest BCUT2D eigenvalue weighted by Gasteiger charge is 2.61. The standard InChI is InChI=1S/C40H59FN8O16/c1-20(2)29(48-26(52)9-5-4-6-17-49-27(53)14-15-28(49)54)36(58)47-24(8-7-16-43-38(42)61)35(57)46-23-12-10-22(11-13-23)19-64-39(62)44-18-25(51)31(55)33-30(45-21(3)50)32(56)34(41)40(63,65-33)37(59)60/h10-13,20,24-25,29-34,51,55-56,63H,4-9,14-19H2,1-3H3,(H,44,62)(H,45,50)(H,46,57)(H,47,58)(H,48,52)(H,59,60)(H3,42,43,61)/t24?,25-,29?,30-,31-,32-,33-,34?,40?/m1/s1/i14T/t14?,24?,25-,29?,30-,31-,32-,33-,34?,40?. The van der Waals surface area contributed by atoms with Crippen LogP contribution < -0.4 is 37.6 Å². The van der Waals surface area contributed by atoms with E-state index in [1.54, 1.807) is 13.8 Å². The Balaban J connectivity index is 1.53. The third-order valence-electron chi connectivity index (χ3n) is 10.3. The van der Waals surface area contributed by atoms with Crippen LogP contribution in [0.15, 0.2) is 24.3 Å². The predicted molar refractivity (Wildman–Crippen MR) is 221 cm³/mol. The number of primary amides is 1. The summed E-state index contributed by atoms with van der Waals surface area (Å²) in [6.07, 6.45) is -12.4. The summed E-state index contributed by atoms with van der Waals surface area (Å²) in [4.78, 5) is 112. The van der Waals surface area contributed by atoms with Crippen LogP contribution in [-0.4, -0.2) is 158 Å². The Hall–Kier alpha value is -6.02. The van der Waals surface area contributed by atoms with Gasteiger partial charge in [0.15, 0.2) is 6.17 Å². The summed E-state index contributed by atoms with van der Waals surface area (Å²) in [7, 11) is 0. The van der Waals surface area contributed by atoms with E-state index in [2.05, 4.69) is 31.9 Å². The monoisotopic (exact) mass is 928 g/mol. The number of carboxylic acids is 1. The molecule has 10 atom stereocenters. The van der Waals surface area contributed by atoms with Gasteiger partial charge in [-0.1, -0.05) is 32.4 Å². The van der Waals surface area contributed by atoms with Crippen molar-refractivity contribution in [2.45, 2.75) is 133 Å². The highest BCUT2D eigenvalue weighted by molar-refractivity contribution is 6.02. The lowest BCUT2D eigenvalue weighted by Gasteiger charge is -2.46. The van der Waals surface area contributed by atoms with Crippen molar-refractivity contribution >= 4 is 59.2 Å². The number of alkyl carbamates (subject to hydrolysis) is 1. The Morgan fingerprint density at radius 2 is 1.68 bits per heavy atom. The molecule has 0 bridgehead atoms. The maximum Gasteiger partial charge on any atom is 0.407 e. The number of aliphatic hydroxyl groups is 4. The normalized spacial score (nSPS) is 23.9. The van der Waals surface area contributed by atoms with Crippen molar-refractivity contribution in [2.24, 2.45) is 11.7 Å². The van der Waals surface area contributed by atoms with Gasteiger partial charge in [-0.3, -0.25) is 33.7 Å². The van der Waals surface area contributed by atoms with Crippen molar-refractivity contribution in [3.8, 4) is 0 Å². The molecule has 362 valence electrons. The zero-order chi connectivity index (χ0) is 49.5. The first kappa shape index (κ1) is 51.6. The Bertz CT molecular complexity index is 1920. The molecule has 0 radical (unpaired) electrons. The molecule has 24 nitrogen and oxygen atoms in total. The van der Waals surface area contributed by atoms with Crippen molar-refractivity contribution in [2.75, 3.05) is 25.0 Å². The van der Waals surface area contributed by atoms with Crippen LogP contribution in [0.1, 0.15) is 79.0 Å². The minimum Gasteiger partial charge on any atom is -0.477 e. The summed E-state index contributed by atoms with van der Waals surface area (Å²) in [5.41, 5.74) is 5.80. The van der Waals surface area contributed by atoms with Gasteiger partial charge in [0.1, 0.15) is 37.0 Å². The molecule has 2 saturated heterocycles. The summed E-state index contributed by atoms with van der Waals surface area (Å²) in [6, 6.07) is 1.05. The number of hydrogen-bond donors (Lipinski definition) is 12. The minimum absolute atomic E-state index is 0.0419. The molecule has 1 aromatic carbocycles. The average Bonchev–Trinajstić information content (AvgIpc) is 3.50. The number of likely N-dealkylation sites (tertiary alicyclic amines) is 1. The topological polar surface area (TPSA) is 375 Å². The number of unbranched alkanes of at least 4 members (excludes halogenated alkanes) is 2. The number of amides is 9. The number of nitrogens with one attached hydrogen (secondary N) is 6. The number of urea groups is 1. The summed E-state index contributed by atoms with van der Waals surface area (Å²) in [6.45, 7) is 3.46. The van der Waals surface area contributed by atoms with E-state index in [1.807, 2.05) is 0 Å². The van der Waals surface area contributed by atoms with E-state index >= 15 is 0 Å². The Morgan fingerprint density at radius 3 is 2.26 bits per heavy atom. The van der Waals surface area contributed by atoms with Gasteiger partial charge in [0, 0.05) is 52.9 Å². The zero-order valence-electron chi connectivity index (χ0n) is 37.0. The third-order valence-corrected chi connectivity index (χ3v) is 10.3. The van der Waals surface area contributed by atoms with Gasteiger partial charge in [0.25, 0.3) is 0 Å². The largest absolute Gasteiger partial charge is 0.477 e. The molecule has 0 saturated carbocycles. The second-order valence-corrected chi connectivity index (χ2v) is 15.8. The fourth-order valence-electron chi connectivity index (χ4n) is 6.76. The highest BCUT2D eigenvalue weighted by Crippen LogP contribution is 2.33. The second-order valence-electron chi connectivity index (χ2n) is 15.8. The first-order valence-electron chi connectivity index (χ1n) is 21.3. The number of halogens is 1. The van der Waals surface area contributed by atoms with Crippen molar-refractivity contribution < 1.29 is 83.9 Å². The summed E-state index contributed by atoms with van der Waals surface area (Å²) >= 11 is 0. The van der Waals surface area contributed by atoms with Crippen LogP contribution in [0.4, 0.5) is 19.7 Å². The van der Waals surface area contributed by atoms with E-state index in [0.29, 0.717) is 24.8 Å². The van der Waals surface area contributed by atoms with Gasteiger partial charge in [-0.2, -0.15) is 0 Å². The number of nitrogens with two attached hydrogens (primary N) is 1. The van der Waals surface area contributed by atoms with Crippen molar-refractivity contribution in [1.82, 2.24) is 31.5 Å². The minimum atomic E-state index is -3.66. The molecule has 2 fully saturated rings. The molecule has 0 aromatic heterocycles. The summed E-state index contributed by atoms with van der Waals surface area (Å²) < 4.78 is 32.2. The summed E-state index contributed by atoms with van der Waals surface area (Å²) in [5.74, 6) is -9.86. The third kappa shape index (κ3) is 15.9. The maximum absolute atomic E-state index is 14.6. The molecule has 2 aliphatic heterocycles. The van der Waals surface area contributed by atoms with Gasteiger partial charge in [0.05, 0.1) is 12.1 Å². The lowest BCUT2D eigenvalue weighted by atomic mass is 9.87. The fraction of sp³-hybridized carbons (Fsp3) is 0.625. The first-order valence-corrected chi connectivity index (χ1v) is 20.8. The fourth-order valence-corrected chi connectivity index (χ4v) is 6.76. The lowest BCUT2D eigenvalue weighted by molar-refractivity contribution is -0.319. The molecule has 25 heteroatoms. The number of carbonyl (C=O) groups excluding carboxylic acids is 8. The van der Waals surface area contributed by atoms with E-state index in [9.17, 15) is 73.1 Å². The van der Waals surface area contributed by atoms with Gasteiger partial charge in [-0.25, -0.2) is 18.8 Å². The molecular formula is C40H59FN8O16. The Morgan fingerprint density at radius 1 is 1.00 bits per heavy atom. The van der Waals surface area contributed by atoms with E-state index in [-0.39, 0.29) is 51.1 Å². The van der Waals surface area contributed by atoms with E-state index in [1.165, 1.54) is 24.3 Å². The number of aliphatic hydroxyl groups excluding tert-OH is 3. The van der Waals surface area contributed by atoms with Crippen LogP contribution in [0.3, 0.4) is 0 Å². The van der Waals surface area contributed by atoms with Gasteiger partial charge in [-0.05, 0) is 49.3 Å². The predicted octanol–water partition coefficient (Wildman–Crippen LogP) is -2.27. The number of nitrogens with zero attached hydrogens (tertiary/aromatic N) is 1. The highest BCUT2D eigenvalue weighted by atomic mass is 19.1. The number of hydrogen-bond acceptors (Lipinski definition) is 15. The number of alkyl halides is 1. The number of aliphatic carboxylic acids is 1. The number of ether oxygens (including phenoxy) is 2. The van der Waals surface area contributed by atoms with Crippen molar-refractivity contribution in [3.05, 3.63) is 29.8 Å². The molecule has 2 heterocycles. The maximum atomic E-state index is 14.6. The molecule has 1 aromatic rings. The van der Waals surface area contributed by atoms with Gasteiger partial charge in [0.2, 0.25) is 35.4 Å². The zero-order valence-corrected chi connectivity index (χ0v) is 36.0. The average molecular weight is 929 g/mol. The molecule has 3 rings (SSSR count). The van der Waals surface area contributed by atoms with Crippen molar-refractivity contribution in [1.29, 1.82) is 0 Å². The number of benzene rings is 1. The molecule has 13 N–H and O–H groups in total. The first-order chi connectivity index (χ1) is 31.0. The van der Waals surface area contributed by atoms with E-state index < -0.39 is 127 Å². The molecule has 9 amide bonds. The quantitative estimate of drug-likeness (QED) is 0.0384. The van der Waals surface area contributed by atoms with Crippen LogP contribution in [0.25, 0.3) is 0 Å². The Labute approximate surface area is 373 Å². The molecule has 0 aliphatic carbocycles. The van der Waals surface area contributed by atoms with Crippen molar-refractivity contribution in [3.63, 3.8) is 0 Å². The molecule has 5 unspecified atom stereocenters. The van der Waals surface area contributed by atoms with Crippen LogP contribution in [0, 0.1) is 5.92 Å². The van der Waals surface area contributed by atoms with Gasteiger partial charge in [-0.15, -0.1) is 0 Å². The second kappa shape index (κ2) is 24.9. The van der Waals surface area contributed by atoms with Crippen LogP contribution >= 0.6 is 0 Å². The molecule has 2 aliphatic rings. The van der Waals surface area contributed by atoms with Crippen LogP contribution in [0.2, 0.25) is 0 Å². The van der Waals surface area contributed by atoms with E-state index in [0.717, 1.165) is 11.8 Å². The molecule has 65 heavy (non-hydrogen) atoms. The number of carboxylic acid groups (broad SMARTS) is 1. The number of imide groups is 1. The number of rotatable bonds is 24. The summed E-state index contributed by atoms with van der Waals surface area (Å²) in [5, 5.41) is 65.7. The number of anilines is 1. The SMILES string of the molecule is [3H]C1CC(=O)N(CCCCCC(=O)NC(C(=O)NC(CCCNC(N)=O)C(=O)Nc2ccc(COC(=O)NC[C@@H](O)[C@@H](O)[C@@H]3OC(O)(C(=O)O)C(F)[C@H](O)[C@H]3NC(C)=O)cc2)C(C)C)C1=O. The van der Waals surface area contributed by atoms with E-state index in [4.69, 9.17) is 16.6 Å². The molecular weight excluding hydrogens is 867 g/mol.